The van der Waals surface area contributed by atoms with Crippen LogP contribution in [0.25, 0.3) is 0 Å². The lowest BCUT2D eigenvalue weighted by molar-refractivity contribution is 0.230. The molecule has 0 saturated carbocycles. The Labute approximate surface area is 134 Å². The predicted octanol–water partition coefficient (Wildman–Crippen LogP) is 3.14. The molecule has 0 saturated heterocycles. The van der Waals surface area contributed by atoms with Gasteiger partial charge in [-0.15, -0.1) is 0 Å². The van der Waals surface area contributed by atoms with E-state index in [4.69, 9.17) is 11.6 Å². The van der Waals surface area contributed by atoms with Crippen molar-refractivity contribution in [2.24, 2.45) is 0 Å². The molecule has 0 unspecified atom stereocenters. The van der Waals surface area contributed by atoms with Crippen LogP contribution in [0.15, 0.2) is 30.3 Å². The molecular weight excluding hydrogens is 302 g/mol. The van der Waals surface area contributed by atoms with Crippen molar-refractivity contribution in [1.82, 2.24) is 14.9 Å². The standard InChI is InChI=1S/C15H18ClN5O/c1-10-18-13(16)8-14(19-10)17-9-11-5-4-6-12(7-11)20-15(22)21(2)3/h4-8H,9H2,1-3H3,(H,20,22)(H,17,18,19). The van der Waals surface area contributed by atoms with Gasteiger partial charge in [-0.25, -0.2) is 14.8 Å². The SMILES string of the molecule is Cc1nc(Cl)cc(NCc2cccc(NC(=O)N(C)C)c2)n1. The minimum absolute atomic E-state index is 0.164. The highest BCUT2D eigenvalue weighted by molar-refractivity contribution is 6.29. The molecule has 0 atom stereocenters. The Morgan fingerprint density at radius 2 is 2.05 bits per heavy atom. The van der Waals surface area contributed by atoms with Gasteiger partial charge in [0.05, 0.1) is 0 Å². The number of carbonyl (C=O) groups is 1. The third-order valence-corrected chi connectivity index (χ3v) is 3.06. The molecule has 0 radical (unpaired) electrons. The highest BCUT2D eigenvalue weighted by Gasteiger charge is 2.05. The highest BCUT2D eigenvalue weighted by Crippen LogP contribution is 2.15. The number of amides is 2. The number of benzene rings is 1. The van der Waals surface area contributed by atoms with Crippen LogP contribution in [0.1, 0.15) is 11.4 Å². The summed E-state index contributed by atoms with van der Waals surface area (Å²) in [5.41, 5.74) is 1.76. The molecule has 2 amide bonds. The van der Waals surface area contributed by atoms with E-state index >= 15 is 0 Å². The summed E-state index contributed by atoms with van der Waals surface area (Å²) >= 11 is 5.90. The zero-order chi connectivity index (χ0) is 16.1. The number of hydrogen-bond acceptors (Lipinski definition) is 4. The maximum absolute atomic E-state index is 11.6. The lowest BCUT2D eigenvalue weighted by atomic mass is 10.2. The third kappa shape index (κ3) is 4.60. The van der Waals surface area contributed by atoms with E-state index < -0.39 is 0 Å². The number of aryl methyl sites for hydroxylation is 1. The smallest absolute Gasteiger partial charge is 0.321 e. The van der Waals surface area contributed by atoms with Crippen molar-refractivity contribution in [3.8, 4) is 0 Å². The molecule has 0 bridgehead atoms. The van der Waals surface area contributed by atoms with Gasteiger partial charge >= 0.3 is 6.03 Å². The molecular formula is C15H18ClN5O. The fraction of sp³-hybridized carbons (Fsp3) is 0.267. The monoisotopic (exact) mass is 319 g/mol. The summed E-state index contributed by atoms with van der Waals surface area (Å²) in [5.74, 6) is 1.28. The Bertz CT molecular complexity index is 654. The first-order valence-electron chi connectivity index (χ1n) is 6.76. The summed E-state index contributed by atoms with van der Waals surface area (Å²) in [6.45, 7) is 2.35. The normalized spacial score (nSPS) is 10.2. The van der Waals surface area contributed by atoms with Crippen molar-refractivity contribution in [2.75, 3.05) is 24.7 Å². The summed E-state index contributed by atoms with van der Waals surface area (Å²) in [7, 11) is 3.39. The number of aromatic nitrogens is 2. The number of rotatable bonds is 4. The van der Waals surface area contributed by atoms with Gasteiger partial charge in [0.1, 0.15) is 16.8 Å². The first-order chi connectivity index (χ1) is 10.4. The van der Waals surface area contributed by atoms with Crippen LogP contribution in [0.5, 0.6) is 0 Å². The van der Waals surface area contributed by atoms with Gasteiger partial charge < -0.3 is 15.5 Å². The molecule has 0 spiro atoms. The molecule has 1 aromatic carbocycles. The van der Waals surface area contributed by atoms with Crippen LogP contribution in [-0.4, -0.2) is 35.0 Å². The van der Waals surface area contributed by atoms with Crippen LogP contribution in [0.4, 0.5) is 16.3 Å². The van der Waals surface area contributed by atoms with Gasteiger partial charge in [-0.1, -0.05) is 23.7 Å². The third-order valence-electron chi connectivity index (χ3n) is 2.86. The maximum Gasteiger partial charge on any atom is 0.321 e. The number of carbonyl (C=O) groups excluding carboxylic acids is 1. The van der Waals surface area contributed by atoms with E-state index in [9.17, 15) is 4.79 Å². The van der Waals surface area contributed by atoms with Crippen molar-refractivity contribution in [3.63, 3.8) is 0 Å². The number of halogens is 1. The molecule has 2 rings (SSSR count). The van der Waals surface area contributed by atoms with E-state index in [1.807, 2.05) is 24.3 Å². The van der Waals surface area contributed by atoms with Crippen molar-refractivity contribution < 1.29 is 4.79 Å². The van der Waals surface area contributed by atoms with Crippen molar-refractivity contribution >= 4 is 29.1 Å². The van der Waals surface area contributed by atoms with E-state index in [0.29, 0.717) is 23.3 Å². The zero-order valence-corrected chi connectivity index (χ0v) is 13.5. The minimum Gasteiger partial charge on any atom is -0.366 e. The molecule has 0 fully saturated rings. The summed E-state index contributed by atoms with van der Waals surface area (Å²) < 4.78 is 0. The van der Waals surface area contributed by atoms with Crippen LogP contribution in [-0.2, 0) is 6.54 Å². The van der Waals surface area contributed by atoms with E-state index in [-0.39, 0.29) is 6.03 Å². The number of nitrogens with zero attached hydrogens (tertiary/aromatic N) is 3. The summed E-state index contributed by atoms with van der Waals surface area (Å²) in [4.78, 5) is 21.4. The second-order valence-electron chi connectivity index (χ2n) is 5.00. The van der Waals surface area contributed by atoms with E-state index in [1.54, 1.807) is 27.1 Å². The average molecular weight is 320 g/mol. The van der Waals surface area contributed by atoms with Gasteiger partial charge in [-0.05, 0) is 24.6 Å². The largest absolute Gasteiger partial charge is 0.366 e. The highest BCUT2D eigenvalue weighted by atomic mass is 35.5. The quantitative estimate of drug-likeness (QED) is 0.849. The van der Waals surface area contributed by atoms with E-state index in [1.165, 1.54) is 4.90 Å². The van der Waals surface area contributed by atoms with Gasteiger partial charge in [-0.2, -0.15) is 0 Å². The van der Waals surface area contributed by atoms with E-state index in [0.717, 1.165) is 11.3 Å². The van der Waals surface area contributed by atoms with Crippen molar-refractivity contribution in [3.05, 3.63) is 46.9 Å². The molecule has 7 heteroatoms. The van der Waals surface area contributed by atoms with Gasteiger partial charge in [0, 0.05) is 32.4 Å². The van der Waals surface area contributed by atoms with Crippen molar-refractivity contribution in [1.29, 1.82) is 0 Å². The zero-order valence-electron chi connectivity index (χ0n) is 12.7. The molecule has 116 valence electrons. The summed E-state index contributed by atoms with van der Waals surface area (Å²) in [5, 5.41) is 6.40. The average Bonchev–Trinajstić information content (AvgIpc) is 2.44. The Balaban J connectivity index is 2.02. The van der Waals surface area contributed by atoms with E-state index in [2.05, 4.69) is 20.6 Å². The van der Waals surface area contributed by atoms with Crippen LogP contribution in [0, 0.1) is 6.92 Å². The molecule has 2 aromatic rings. The first kappa shape index (κ1) is 16.0. The molecule has 1 heterocycles. The van der Waals surface area contributed by atoms with Crippen molar-refractivity contribution in [2.45, 2.75) is 13.5 Å². The molecule has 0 aliphatic heterocycles. The Morgan fingerprint density at radius 1 is 1.27 bits per heavy atom. The topological polar surface area (TPSA) is 70.2 Å². The van der Waals surface area contributed by atoms with Crippen LogP contribution < -0.4 is 10.6 Å². The van der Waals surface area contributed by atoms with Crippen LogP contribution in [0.2, 0.25) is 5.15 Å². The Hall–Kier alpha value is -2.34. The fourth-order valence-electron chi connectivity index (χ4n) is 1.81. The Kier molecular flexibility index (Phi) is 5.16. The number of nitrogens with one attached hydrogen (secondary N) is 2. The van der Waals surface area contributed by atoms with Crippen LogP contribution in [0.3, 0.4) is 0 Å². The Morgan fingerprint density at radius 3 is 2.73 bits per heavy atom. The summed E-state index contributed by atoms with van der Waals surface area (Å²) in [6, 6.07) is 9.12. The second kappa shape index (κ2) is 7.09. The first-order valence-corrected chi connectivity index (χ1v) is 7.14. The van der Waals surface area contributed by atoms with Gasteiger partial charge in [0.25, 0.3) is 0 Å². The van der Waals surface area contributed by atoms with Gasteiger partial charge in [-0.3, -0.25) is 0 Å². The lowest BCUT2D eigenvalue weighted by Crippen LogP contribution is -2.27. The molecule has 6 nitrogen and oxygen atoms in total. The van der Waals surface area contributed by atoms with Crippen LogP contribution >= 0.6 is 11.6 Å². The number of urea groups is 1. The van der Waals surface area contributed by atoms with Gasteiger partial charge in [0.2, 0.25) is 0 Å². The number of hydrogen-bond donors (Lipinski definition) is 2. The second-order valence-corrected chi connectivity index (χ2v) is 5.39. The molecule has 22 heavy (non-hydrogen) atoms. The minimum atomic E-state index is -0.164. The fourth-order valence-corrected chi connectivity index (χ4v) is 2.03. The molecule has 1 aromatic heterocycles. The number of anilines is 2. The summed E-state index contributed by atoms with van der Waals surface area (Å²) in [6.07, 6.45) is 0. The predicted molar refractivity (Wildman–Crippen MR) is 88.3 cm³/mol. The van der Waals surface area contributed by atoms with Gasteiger partial charge in [0.15, 0.2) is 0 Å². The molecule has 2 N–H and O–H groups in total. The molecule has 0 aliphatic rings. The maximum atomic E-state index is 11.6. The molecule has 0 aliphatic carbocycles. The lowest BCUT2D eigenvalue weighted by Gasteiger charge is -2.13.